The van der Waals surface area contributed by atoms with Crippen molar-refractivity contribution in [2.45, 2.75) is 47.1 Å². The Morgan fingerprint density at radius 2 is 1.96 bits per heavy atom. The first-order chi connectivity index (χ1) is 11.9. The van der Waals surface area contributed by atoms with Crippen molar-refractivity contribution < 1.29 is 14.3 Å². The third kappa shape index (κ3) is 4.95. The number of hydrogen-bond donors (Lipinski definition) is 2. The van der Waals surface area contributed by atoms with Gasteiger partial charge in [0, 0.05) is 18.7 Å². The molecule has 0 atom stereocenters. The van der Waals surface area contributed by atoms with Gasteiger partial charge in [0.2, 0.25) is 5.91 Å². The van der Waals surface area contributed by atoms with E-state index in [1.165, 1.54) is 5.56 Å². The lowest BCUT2D eigenvalue weighted by atomic mass is 10.0. The first-order valence-corrected chi connectivity index (χ1v) is 8.59. The van der Waals surface area contributed by atoms with Gasteiger partial charge in [-0.05, 0) is 50.8 Å². The highest BCUT2D eigenvalue weighted by molar-refractivity contribution is 5.90. The molecule has 0 radical (unpaired) electrons. The average molecular weight is 342 g/mol. The Balaban J connectivity index is 1.92. The molecular weight excluding hydrogens is 316 g/mol. The Labute approximate surface area is 148 Å². The second kappa shape index (κ2) is 8.51. The molecule has 0 aliphatic heterocycles. The molecule has 0 spiro atoms. The normalized spacial score (nSPS) is 10.6. The Bertz CT molecular complexity index is 762. The van der Waals surface area contributed by atoms with Gasteiger partial charge in [-0.3, -0.25) is 4.79 Å². The van der Waals surface area contributed by atoms with Gasteiger partial charge in [0.15, 0.2) is 0 Å². The van der Waals surface area contributed by atoms with Gasteiger partial charge in [-0.25, -0.2) is 4.79 Å². The van der Waals surface area contributed by atoms with Crippen molar-refractivity contribution in [1.29, 1.82) is 0 Å². The maximum atomic E-state index is 12.1. The molecule has 1 aromatic heterocycles. The zero-order valence-electron chi connectivity index (χ0n) is 15.4. The first kappa shape index (κ1) is 18.8. The van der Waals surface area contributed by atoms with E-state index in [9.17, 15) is 9.59 Å². The lowest BCUT2D eigenvalue weighted by Crippen LogP contribution is -2.23. The van der Waals surface area contributed by atoms with Crippen LogP contribution in [0, 0.1) is 20.8 Å². The summed E-state index contributed by atoms with van der Waals surface area (Å²) in [6, 6.07) is 8.08. The van der Waals surface area contributed by atoms with Crippen molar-refractivity contribution in [3.05, 3.63) is 57.9 Å². The third-order valence-electron chi connectivity index (χ3n) is 4.25. The van der Waals surface area contributed by atoms with Crippen LogP contribution in [-0.2, 0) is 22.5 Å². The summed E-state index contributed by atoms with van der Waals surface area (Å²) in [4.78, 5) is 27.1. The molecule has 134 valence electrons. The summed E-state index contributed by atoms with van der Waals surface area (Å²) < 4.78 is 5.05. The average Bonchev–Trinajstić information content (AvgIpc) is 2.86. The summed E-state index contributed by atoms with van der Waals surface area (Å²) in [5.41, 5.74) is 5.53. The molecule has 1 amide bonds. The summed E-state index contributed by atoms with van der Waals surface area (Å²) >= 11 is 0. The minimum atomic E-state index is -0.349. The number of aromatic nitrogens is 1. The van der Waals surface area contributed by atoms with E-state index in [-0.39, 0.29) is 11.9 Å². The van der Waals surface area contributed by atoms with Gasteiger partial charge in [0.05, 0.1) is 6.61 Å². The van der Waals surface area contributed by atoms with Gasteiger partial charge in [0.1, 0.15) is 5.69 Å². The minimum Gasteiger partial charge on any atom is -0.461 e. The van der Waals surface area contributed by atoms with Crippen LogP contribution < -0.4 is 5.32 Å². The van der Waals surface area contributed by atoms with Crippen molar-refractivity contribution in [1.82, 2.24) is 10.3 Å². The number of H-pyrrole nitrogens is 1. The van der Waals surface area contributed by atoms with E-state index in [1.807, 2.05) is 39.0 Å². The quantitative estimate of drug-likeness (QED) is 0.758. The Morgan fingerprint density at radius 3 is 2.64 bits per heavy atom. The molecule has 5 nitrogen and oxygen atoms in total. The second-order valence-electron chi connectivity index (χ2n) is 6.21. The number of nitrogens with one attached hydrogen (secondary N) is 2. The van der Waals surface area contributed by atoms with E-state index >= 15 is 0 Å². The van der Waals surface area contributed by atoms with E-state index in [0.29, 0.717) is 31.7 Å². The lowest BCUT2D eigenvalue weighted by Gasteiger charge is -2.07. The summed E-state index contributed by atoms with van der Waals surface area (Å²) in [6.45, 7) is 8.48. The lowest BCUT2D eigenvalue weighted by molar-refractivity contribution is -0.121. The van der Waals surface area contributed by atoms with Crippen LogP contribution in [0.25, 0.3) is 0 Å². The highest BCUT2D eigenvalue weighted by Gasteiger charge is 2.18. The maximum absolute atomic E-state index is 12.1. The Kier molecular flexibility index (Phi) is 6.39. The van der Waals surface area contributed by atoms with Crippen molar-refractivity contribution >= 4 is 11.9 Å². The van der Waals surface area contributed by atoms with Crippen LogP contribution in [0.1, 0.15) is 51.8 Å². The molecule has 5 heteroatoms. The van der Waals surface area contributed by atoms with Crippen LogP contribution in [-0.4, -0.2) is 23.5 Å². The number of carbonyl (C=O) groups is 2. The number of aromatic amines is 1. The second-order valence-corrected chi connectivity index (χ2v) is 6.21. The highest BCUT2D eigenvalue weighted by Crippen LogP contribution is 2.20. The highest BCUT2D eigenvalue weighted by atomic mass is 16.5. The predicted molar refractivity (Wildman–Crippen MR) is 97.6 cm³/mol. The molecule has 1 aromatic carbocycles. The molecule has 0 fully saturated rings. The van der Waals surface area contributed by atoms with E-state index in [4.69, 9.17) is 4.74 Å². The SMILES string of the molecule is CCOC(=O)c1[nH]c(C)c(CCC(=O)NCc2cccc(C)c2)c1C. The molecule has 2 rings (SSSR count). The van der Waals surface area contributed by atoms with Crippen molar-refractivity contribution in [3.63, 3.8) is 0 Å². The molecule has 25 heavy (non-hydrogen) atoms. The molecule has 0 saturated heterocycles. The number of rotatable bonds is 7. The van der Waals surface area contributed by atoms with Crippen molar-refractivity contribution in [2.75, 3.05) is 6.61 Å². The topological polar surface area (TPSA) is 71.2 Å². The molecule has 0 aliphatic rings. The maximum Gasteiger partial charge on any atom is 0.355 e. The number of amides is 1. The molecule has 0 unspecified atom stereocenters. The van der Waals surface area contributed by atoms with Crippen LogP contribution in [0.3, 0.4) is 0 Å². The van der Waals surface area contributed by atoms with Crippen molar-refractivity contribution in [2.24, 2.45) is 0 Å². The van der Waals surface area contributed by atoms with Crippen LogP contribution in [0.4, 0.5) is 0 Å². The molecule has 0 bridgehead atoms. The van der Waals surface area contributed by atoms with Gasteiger partial charge >= 0.3 is 5.97 Å². The van der Waals surface area contributed by atoms with Crippen molar-refractivity contribution in [3.8, 4) is 0 Å². The zero-order chi connectivity index (χ0) is 18.4. The molecular formula is C20H26N2O3. The minimum absolute atomic E-state index is 0.000749. The van der Waals surface area contributed by atoms with Crippen LogP contribution >= 0.6 is 0 Å². The van der Waals surface area contributed by atoms with E-state index in [2.05, 4.69) is 16.4 Å². The number of esters is 1. The standard InChI is InChI=1S/C20H26N2O3/c1-5-25-20(24)19-14(3)17(15(4)22-19)9-10-18(23)21-12-16-8-6-7-13(2)11-16/h6-8,11,22H,5,9-10,12H2,1-4H3,(H,21,23). The number of hydrogen-bond acceptors (Lipinski definition) is 3. The fraction of sp³-hybridized carbons (Fsp3) is 0.400. The fourth-order valence-corrected chi connectivity index (χ4v) is 2.92. The number of ether oxygens (including phenoxy) is 1. The van der Waals surface area contributed by atoms with Crippen LogP contribution in [0.15, 0.2) is 24.3 Å². The monoisotopic (exact) mass is 342 g/mol. The number of carbonyl (C=O) groups excluding carboxylic acids is 2. The molecule has 0 saturated carbocycles. The van der Waals surface area contributed by atoms with E-state index < -0.39 is 0 Å². The fourth-order valence-electron chi connectivity index (χ4n) is 2.92. The summed E-state index contributed by atoms with van der Waals surface area (Å²) in [5.74, 6) is -0.350. The Morgan fingerprint density at radius 1 is 1.20 bits per heavy atom. The van der Waals surface area contributed by atoms with Gasteiger partial charge in [-0.15, -0.1) is 0 Å². The Hall–Kier alpha value is -2.56. The van der Waals surface area contributed by atoms with Gasteiger partial charge in [0.25, 0.3) is 0 Å². The molecule has 2 aromatic rings. The number of aryl methyl sites for hydroxylation is 2. The molecule has 1 heterocycles. The third-order valence-corrected chi connectivity index (χ3v) is 4.25. The van der Waals surface area contributed by atoms with Gasteiger partial charge in [-0.1, -0.05) is 29.8 Å². The molecule has 2 N–H and O–H groups in total. The van der Waals surface area contributed by atoms with Crippen LogP contribution in [0.2, 0.25) is 0 Å². The molecule has 0 aliphatic carbocycles. The smallest absolute Gasteiger partial charge is 0.355 e. The summed E-state index contributed by atoms with van der Waals surface area (Å²) in [7, 11) is 0. The van der Waals surface area contributed by atoms with Gasteiger partial charge in [-0.2, -0.15) is 0 Å². The summed E-state index contributed by atoms with van der Waals surface area (Å²) in [6.07, 6.45) is 0.973. The number of benzene rings is 1. The van der Waals surface area contributed by atoms with Gasteiger partial charge < -0.3 is 15.0 Å². The first-order valence-electron chi connectivity index (χ1n) is 8.59. The zero-order valence-corrected chi connectivity index (χ0v) is 15.4. The summed E-state index contributed by atoms with van der Waals surface area (Å²) in [5, 5.41) is 2.94. The van der Waals surface area contributed by atoms with Crippen LogP contribution in [0.5, 0.6) is 0 Å². The van der Waals surface area contributed by atoms with E-state index in [1.54, 1.807) is 6.92 Å². The largest absolute Gasteiger partial charge is 0.461 e. The predicted octanol–water partition coefficient (Wildman–Crippen LogP) is 3.37. The van der Waals surface area contributed by atoms with E-state index in [0.717, 1.165) is 22.4 Å².